The average Bonchev–Trinajstić information content (AvgIpc) is 3.04. The normalized spacial score (nSPS) is 12.4. The van der Waals surface area contributed by atoms with Gasteiger partial charge in [-0.15, -0.1) is 10.2 Å². The zero-order chi connectivity index (χ0) is 13.2. The average molecular weight is 264 g/mol. The molecule has 8 nitrogen and oxygen atoms in total. The zero-order valence-corrected chi connectivity index (χ0v) is 9.53. The molecule has 1 N–H and O–H groups in total. The van der Waals surface area contributed by atoms with Crippen molar-refractivity contribution in [3.63, 3.8) is 0 Å². The van der Waals surface area contributed by atoms with Crippen molar-refractivity contribution in [1.82, 2.24) is 10.2 Å². The van der Waals surface area contributed by atoms with Crippen LogP contribution in [-0.2, 0) is 6.61 Å². The van der Waals surface area contributed by atoms with Crippen molar-refractivity contribution < 1.29 is 28.5 Å². The Kier molecular flexibility index (Phi) is 2.67. The molecule has 8 heteroatoms. The smallest absolute Gasteiger partial charge is 0.393 e. The van der Waals surface area contributed by atoms with E-state index in [1.165, 1.54) is 0 Å². The third-order valence-electron chi connectivity index (χ3n) is 2.36. The fourth-order valence-corrected chi connectivity index (χ4v) is 1.51. The molecular formula is C11H8N2O6. The van der Waals surface area contributed by atoms with Crippen LogP contribution in [0.4, 0.5) is 0 Å². The van der Waals surface area contributed by atoms with Gasteiger partial charge in [-0.2, -0.15) is 0 Å². The molecule has 0 radical (unpaired) electrons. The highest BCUT2D eigenvalue weighted by molar-refractivity contribution is 5.81. The van der Waals surface area contributed by atoms with E-state index < -0.39 is 11.9 Å². The molecular weight excluding hydrogens is 256 g/mol. The highest BCUT2D eigenvalue weighted by Crippen LogP contribution is 2.35. The highest BCUT2D eigenvalue weighted by atomic mass is 16.7. The summed E-state index contributed by atoms with van der Waals surface area (Å²) in [5.41, 5.74) is 0. The fourth-order valence-electron chi connectivity index (χ4n) is 1.51. The molecule has 1 aromatic carbocycles. The van der Waals surface area contributed by atoms with E-state index in [0.717, 1.165) is 0 Å². The molecule has 19 heavy (non-hydrogen) atoms. The molecule has 1 aliphatic rings. The summed E-state index contributed by atoms with van der Waals surface area (Å²) in [7, 11) is 0. The van der Waals surface area contributed by atoms with Gasteiger partial charge >= 0.3 is 11.9 Å². The number of aromatic carboxylic acids is 1. The summed E-state index contributed by atoms with van der Waals surface area (Å²) in [5, 5.41) is 15.5. The van der Waals surface area contributed by atoms with Gasteiger partial charge in [-0.25, -0.2) is 4.79 Å². The number of fused-ring (bicyclic) bond motifs is 1. The maximum absolute atomic E-state index is 10.5. The van der Waals surface area contributed by atoms with E-state index in [1.807, 2.05) is 0 Å². The first-order valence-electron chi connectivity index (χ1n) is 5.30. The Labute approximate surface area is 106 Å². The number of aromatic nitrogens is 2. The SMILES string of the molecule is O=C(O)c1nnc(COc2ccc3c(c2)OCO3)o1. The molecule has 0 atom stereocenters. The van der Waals surface area contributed by atoms with Crippen molar-refractivity contribution in [2.45, 2.75) is 6.61 Å². The number of carboxylic acid groups (broad SMARTS) is 1. The molecule has 0 saturated carbocycles. The molecule has 2 aromatic rings. The highest BCUT2D eigenvalue weighted by Gasteiger charge is 2.15. The number of nitrogens with zero attached hydrogens (tertiary/aromatic N) is 2. The van der Waals surface area contributed by atoms with E-state index in [2.05, 4.69) is 10.2 Å². The predicted octanol–water partition coefficient (Wildman–Crippen LogP) is 1.08. The van der Waals surface area contributed by atoms with Crippen LogP contribution in [0, 0.1) is 0 Å². The molecule has 0 spiro atoms. The topological polar surface area (TPSA) is 104 Å². The molecule has 0 bridgehead atoms. The summed E-state index contributed by atoms with van der Waals surface area (Å²) in [4.78, 5) is 10.5. The number of rotatable bonds is 4. The minimum absolute atomic E-state index is 0.0279. The van der Waals surface area contributed by atoms with Crippen LogP contribution >= 0.6 is 0 Å². The summed E-state index contributed by atoms with van der Waals surface area (Å²) in [5.74, 6) is 0.105. The van der Waals surface area contributed by atoms with Gasteiger partial charge in [-0.1, -0.05) is 0 Å². The molecule has 1 aliphatic heterocycles. The van der Waals surface area contributed by atoms with Gasteiger partial charge in [0.05, 0.1) is 0 Å². The second-order valence-electron chi connectivity index (χ2n) is 3.61. The molecule has 0 aliphatic carbocycles. The lowest BCUT2D eigenvalue weighted by atomic mass is 10.3. The molecule has 0 unspecified atom stereocenters. The standard InChI is InChI=1S/C11H8N2O6/c14-11(15)10-13-12-9(19-10)4-16-6-1-2-7-8(3-6)18-5-17-7/h1-3H,4-5H2,(H,14,15). The van der Waals surface area contributed by atoms with Crippen molar-refractivity contribution in [2.24, 2.45) is 0 Å². The Morgan fingerprint density at radius 1 is 1.32 bits per heavy atom. The van der Waals surface area contributed by atoms with Gasteiger partial charge in [-0.3, -0.25) is 0 Å². The first-order chi connectivity index (χ1) is 9.22. The number of hydrogen-bond acceptors (Lipinski definition) is 7. The quantitative estimate of drug-likeness (QED) is 0.874. The Morgan fingerprint density at radius 2 is 2.16 bits per heavy atom. The van der Waals surface area contributed by atoms with Crippen molar-refractivity contribution in [3.05, 3.63) is 30.0 Å². The van der Waals surface area contributed by atoms with Gasteiger partial charge < -0.3 is 23.7 Å². The van der Waals surface area contributed by atoms with E-state index in [0.29, 0.717) is 17.2 Å². The number of benzene rings is 1. The van der Waals surface area contributed by atoms with E-state index in [-0.39, 0.29) is 19.3 Å². The van der Waals surface area contributed by atoms with Gasteiger partial charge in [0.15, 0.2) is 18.1 Å². The summed E-state index contributed by atoms with van der Waals surface area (Å²) < 4.78 is 20.6. The monoisotopic (exact) mass is 264 g/mol. The third kappa shape index (κ3) is 2.28. The lowest BCUT2D eigenvalue weighted by Gasteiger charge is -2.03. The summed E-state index contributed by atoms with van der Waals surface area (Å²) in [6, 6.07) is 5.08. The Hall–Kier alpha value is -2.77. The number of ether oxygens (including phenoxy) is 3. The van der Waals surface area contributed by atoms with Crippen LogP contribution in [0.5, 0.6) is 17.2 Å². The van der Waals surface area contributed by atoms with Crippen LogP contribution < -0.4 is 14.2 Å². The summed E-state index contributed by atoms with van der Waals surface area (Å²) in [6.07, 6.45) is 0. The molecule has 2 heterocycles. The summed E-state index contributed by atoms with van der Waals surface area (Å²) >= 11 is 0. The maximum atomic E-state index is 10.5. The van der Waals surface area contributed by atoms with E-state index in [9.17, 15) is 4.79 Å². The maximum Gasteiger partial charge on any atom is 0.393 e. The van der Waals surface area contributed by atoms with Gasteiger partial charge in [0.1, 0.15) is 5.75 Å². The zero-order valence-electron chi connectivity index (χ0n) is 9.53. The van der Waals surface area contributed by atoms with Crippen molar-refractivity contribution in [1.29, 1.82) is 0 Å². The van der Waals surface area contributed by atoms with E-state index >= 15 is 0 Å². The largest absolute Gasteiger partial charge is 0.484 e. The predicted molar refractivity (Wildman–Crippen MR) is 58.2 cm³/mol. The molecule has 0 fully saturated rings. The van der Waals surface area contributed by atoms with Crippen LogP contribution in [0.2, 0.25) is 0 Å². The second-order valence-corrected chi connectivity index (χ2v) is 3.61. The van der Waals surface area contributed by atoms with Gasteiger partial charge in [-0.05, 0) is 12.1 Å². The number of carbonyl (C=O) groups is 1. The van der Waals surface area contributed by atoms with Crippen LogP contribution in [0.1, 0.15) is 16.6 Å². The van der Waals surface area contributed by atoms with Crippen molar-refractivity contribution in [2.75, 3.05) is 6.79 Å². The first kappa shape index (κ1) is 11.3. The Balaban J connectivity index is 1.67. The fraction of sp³-hybridized carbons (Fsp3) is 0.182. The van der Waals surface area contributed by atoms with Gasteiger partial charge in [0.25, 0.3) is 5.89 Å². The van der Waals surface area contributed by atoms with Crippen LogP contribution in [0.15, 0.2) is 22.6 Å². The lowest BCUT2D eigenvalue weighted by molar-refractivity contribution is 0.0649. The first-order valence-corrected chi connectivity index (χ1v) is 5.30. The van der Waals surface area contributed by atoms with Gasteiger partial charge in [0.2, 0.25) is 6.79 Å². The van der Waals surface area contributed by atoms with Crippen LogP contribution in [-0.4, -0.2) is 28.1 Å². The molecule has 3 rings (SSSR count). The number of hydrogen-bond donors (Lipinski definition) is 1. The second kappa shape index (κ2) is 4.48. The minimum Gasteiger partial charge on any atom is -0.484 e. The van der Waals surface area contributed by atoms with Crippen molar-refractivity contribution >= 4 is 5.97 Å². The van der Waals surface area contributed by atoms with E-state index in [1.54, 1.807) is 18.2 Å². The third-order valence-corrected chi connectivity index (χ3v) is 2.36. The molecule has 0 amide bonds. The Morgan fingerprint density at radius 3 is 2.95 bits per heavy atom. The number of carboxylic acids is 1. The van der Waals surface area contributed by atoms with Crippen LogP contribution in [0.3, 0.4) is 0 Å². The van der Waals surface area contributed by atoms with Crippen molar-refractivity contribution in [3.8, 4) is 17.2 Å². The van der Waals surface area contributed by atoms with Crippen LogP contribution in [0.25, 0.3) is 0 Å². The molecule has 98 valence electrons. The molecule has 0 saturated heterocycles. The Bertz CT molecular complexity index is 623. The van der Waals surface area contributed by atoms with E-state index in [4.69, 9.17) is 23.7 Å². The molecule has 1 aromatic heterocycles. The van der Waals surface area contributed by atoms with Gasteiger partial charge in [0, 0.05) is 6.07 Å². The summed E-state index contributed by atoms with van der Waals surface area (Å²) in [6.45, 7) is 0.157. The minimum atomic E-state index is -1.28. The lowest BCUT2D eigenvalue weighted by Crippen LogP contribution is -1.96.